The maximum Gasteiger partial charge on any atom is 0.306 e. The summed E-state index contributed by atoms with van der Waals surface area (Å²) in [6.07, 6.45) is 53.8. The highest BCUT2D eigenvalue weighted by molar-refractivity contribution is 5.71. The molecule has 0 amide bonds. The zero-order valence-electron chi connectivity index (χ0n) is 43.9. The van der Waals surface area contributed by atoms with Crippen molar-refractivity contribution in [2.75, 3.05) is 13.2 Å². The van der Waals surface area contributed by atoms with Gasteiger partial charge in [0.2, 0.25) is 0 Å². The lowest BCUT2D eigenvalue weighted by atomic mass is 9.99. The van der Waals surface area contributed by atoms with Crippen molar-refractivity contribution in [2.24, 2.45) is 11.8 Å². The Morgan fingerprint density at radius 2 is 0.594 bits per heavy atom. The highest BCUT2D eigenvalue weighted by atomic mass is 16.6. The third-order valence-electron chi connectivity index (χ3n) is 13.6. The quantitative estimate of drug-likeness (QED) is 0.0344. The van der Waals surface area contributed by atoms with Crippen molar-refractivity contribution in [3.63, 3.8) is 0 Å². The zero-order valence-corrected chi connectivity index (χ0v) is 43.9. The molecular weight excluding hydrogens is 793 g/mol. The van der Waals surface area contributed by atoms with Gasteiger partial charge in [0.25, 0.3) is 0 Å². The van der Waals surface area contributed by atoms with Crippen LogP contribution in [0.3, 0.4) is 0 Å². The van der Waals surface area contributed by atoms with Crippen LogP contribution in [-0.2, 0) is 28.6 Å². The van der Waals surface area contributed by atoms with Crippen LogP contribution in [0.5, 0.6) is 0 Å². The molecule has 0 aliphatic carbocycles. The lowest BCUT2D eigenvalue weighted by Gasteiger charge is -2.18. The van der Waals surface area contributed by atoms with E-state index in [9.17, 15) is 14.4 Å². The molecule has 0 saturated carbocycles. The van der Waals surface area contributed by atoms with E-state index in [-0.39, 0.29) is 31.1 Å². The van der Waals surface area contributed by atoms with Crippen LogP contribution >= 0.6 is 0 Å². The zero-order chi connectivity index (χ0) is 46.8. The first-order valence-electron chi connectivity index (χ1n) is 28.8. The number of carbonyl (C=O) groups excluding carboxylic acids is 3. The van der Waals surface area contributed by atoms with E-state index >= 15 is 0 Å². The summed E-state index contributed by atoms with van der Waals surface area (Å²) in [5.41, 5.74) is 0. The first kappa shape index (κ1) is 62.4. The van der Waals surface area contributed by atoms with Crippen LogP contribution < -0.4 is 0 Å². The van der Waals surface area contributed by atoms with Gasteiger partial charge in [-0.2, -0.15) is 0 Å². The number of unbranched alkanes of at least 4 members (excludes halogenated alkanes) is 36. The van der Waals surface area contributed by atoms with Gasteiger partial charge < -0.3 is 14.2 Å². The van der Waals surface area contributed by atoms with Gasteiger partial charge in [-0.1, -0.05) is 285 Å². The second kappa shape index (κ2) is 50.8. The Kier molecular flexibility index (Phi) is 49.6. The summed E-state index contributed by atoms with van der Waals surface area (Å²) < 4.78 is 16.8. The number of ether oxygens (including phenoxy) is 3. The highest BCUT2D eigenvalue weighted by Gasteiger charge is 2.19. The lowest BCUT2D eigenvalue weighted by molar-refractivity contribution is -0.167. The normalized spacial score (nSPS) is 12.5. The third kappa shape index (κ3) is 49.8. The second-order valence-corrected chi connectivity index (χ2v) is 20.6. The Hall–Kier alpha value is -1.59. The molecular formula is C58H112O6. The predicted molar refractivity (Wildman–Crippen MR) is 275 cm³/mol. The molecule has 0 saturated heterocycles. The smallest absolute Gasteiger partial charge is 0.306 e. The van der Waals surface area contributed by atoms with E-state index in [1.165, 1.54) is 212 Å². The van der Waals surface area contributed by atoms with Crippen LogP contribution in [0.4, 0.5) is 0 Å². The number of carbonyl (C=O) groups is 3. The van der Waals surface area contributed by atoms with Crippen LogP contribution in [0, 0.1) is 11.8 Å². The summed E-state index contributed by atoms with van der Waals surface area (Å²) in [5, 5.41) is 0. The Morgan fingerprint density at radius 1 is 0.328 bits per heavy atom. The number of esters is 3. The molecule has 2 atom stereocenters. The standard InChI is InChI=1S/C58H112O6/c1-6-8-9-10-11-12-28-35-40-45-50-58(61)64-55(52-63-57(60)49-44-39-34-30-25-21-22-26-31-36-41-46-53(3)4)51-62-56(59)48-43-38-33-29-24-20-18-16-14-13-15-17-19-23-27-32-37-42-47-54(5)7-2/h53-55H,6-52H2,1-5H3/t54?,55-/m1/s1. The summed E-state index contributed by atoms with van der Waals surface area (Å²) in [4.78, 5) is 38.0. The molecule has 380 valence electrons. The van der Waals surface area contributed by atoms with Crippen molar-refractivity contribution in [1.29, 1.82) is 0 Å². The maximum atomic E-state index is 12.8. The van der Waals surface area contributed by atoms with E-state index in [0.29, 0.717) is 19.3 Å². The minimum atomic E-state index is -0.761. The average molecular weight is 906 g/mol. The lowest BCUT2D eigenvalue weighted by Crippen LogP contribution is -2.30. The van der Waals surface area contributed by atoms with Crippen LogP contribution in [-0.4, -0.2) is 37.2 Å². The molecule has 0 aromatic carbocycles. The molecule has 0 bridgehead atoms. The van der Waals surface area contributed by atoms with Crippen molar-refractivity contribution in [2.45, 2.75) is 330 Å². The van der Waals surface area contributed by atoms with E-state index in [0.717, 1.165) is 69.6 Å². The van der Waals surface area contributed by atoms with Crippen molar-refractivity contribution in [1.82, 2.24) is 0 Å². The van der Waals surface area contributed by atoms with Gasteiger partial charge in [0.15, 0.2) is 6.10 Å². The molecule has 64 heavy (non-hydrogen) atoms. The fraction of sp³-hybridized carbons (Fsp3) is 0.948. The molecule has 6 nitrogen and oxygen atoms in total. The van der Waals surface area contributed by atoms with Gasteiger partial charge in [-0.05, 0) is 31.1 Å². The van der Waals surface area contributed by atoms with Gasteiger partial charge in [-0.15, -0.1) is 0 Å². The first-order valence-corrected chi connectivity index (χ1v) is 28.8. The topological polar surface area (TPSA) is 78.9 Å². The monoisotopic (exact) mass is 905 g/mol. The molecule has 6 heteroatoms. The van der Waals surface area contributed by atoms with Crippen molar-refractivity contribution in [3.8, 4) is 0 Å². The minimum Gasteiger partial charge on any atom is -0.462 e. The fourth-order valence-electron chi connectivity index (χ4n) is 8.84. The Bertz CT molecular complexity index is 980. The molecule has 0 rings (SSSR count). The Balaban J connectivity index is 4.17. The molecule has 0 aliphatic heterocycles. The molecule has 0 aliphatic rings. The van der Waals surface area contributed by atoms with E-state index in [2.05, 4.69) is 34.6 Å². The first-order chi connectivity index (χ1) is 31.3. The van der Waals surface area contributed by atoms with Crippen molar-refractivity contribution < 1.29 is 28.6 Å². The number of hydrogen-bond donors (Lipinski definition) is 0. The van der Waals surface area contributed by atoms with Crippen molar-refractivity contribution >= 4 is 17.9 Å². The minimum absolute atomic E-state index is 0.0629. The average Bonchev–Trinajstić information content (AvgIpc) is 3.28. The molecule has 1 unspecified atom stereocenters. The van der Waals surface area contributed by atoms with E-state index < -0.39 is 6.10 Å². The molecule has 0 radical (unpaired) electrons. The Morgan fingerprint density at radius 3 is 0.891 bits per heavy atom. The predicted octanol–water partition coefficient (Wildman–Crippen LogP) is 18.9. The second-order valence-electron chi connectivity index (χ2n) is 20.6. The molecule has 0 heterocycles. The fourth-order valence-corrected chi connectivity index (χ4v) is 8.84. The largest absolute Gasteiger partial charge is 0.462 e. The van der Waals surface area contributed by atoms with Gasteiger partial charge in [-0.25, -0.2) is 0 Å². The van der Waals surface area contributed by atoms with Gasteiger partial charge in [0.05, 0.1) is 0 Å². The summed E-state index contributed by atoms with van der Waals surface area (Å²) in [6, 6.07) is 0. The van der Waals surface area contributed by atoms with Crippen molar-refractivity contribution in [3.05, 3.63) is 0 Å². The summed E-state index contributed by atoms with van der Waals surface area (Å²) >= 11 is 0. The SMILES string of the molecule is CCCCCCCCCCCCC(=O)O[C@H](COC(=O)CCCCCCCCCCCCCCCCCCCCC(C)CC)COC(=O)CCCCCCCCCCCCCC(C)C. The van der Waals surface area contributed by atoms with Gasteiger partial charge in [0.1, 0.15) is 13.2 Å². The number of rotatable bonds is 52. The van der Waals surface area contributed by atoms with E-state index in [1.807, 2.05) is 0 Å². The summed E-state index contributed by atoms with van der Waals surface area (Å²) in [6.45, 7) is 11.4. The highest BCUT2D eigenvalue weighted by Crippen LogP contribution is 2.19. The number of hydrogen-bond acceptors (Lipinski definition) is 6. The molecule has 0 aromatic heterocycles. The Labute approximate surface area is 399 Å². The van der Waals surface area contributed by atoms with Gasteiger partial charge >= 0.3 is 17.9 Å². The van der Waals surface area contributed by atoms with Crippen LogP contribution in [0.15, 0.2) is 0 Å². The van der Waals surface area contributed by atoms with Crippen LogP contribution in [0.2, 0.25) is 0 Å². The molecule has 0 N–H and O–H groups in total. The van der Waals surface area contributed by atoms with E-state index in [4.69, 9.17) is 14.2 Å². The summed E-state index contributed by atoms with van der Waals surface area (Å²) in [5.74, 6) is 0.894. The van der Waals surface area contributed by atoms with Crippen LogP contribution in [0.25, 0.3) is 0 Å². The van der Waals surface area contributed by atoms with Gasteiger partial charge in [0, 0.05) is 19.3 Å². The molecule has 0 aromatic rings. The molecule has 0 spiro atoms. The molecule has 0 fully saturated rings. The van der Waals surface area contributed by atoms with Crippen LogP contribution in [0.1, 0.15) is 324 Å². The summed E-state index contributed by atoms with van der Waals surface area (Å²) in [7, 11) is 0. The maximum absolute atomic E-state index is 12.8. The third-order valence-corrected chi connectivity index (χ3v) is 13.6. The van der Waals surface area contributed by atoms with Gasteiger partial charge in [-0.3, -0.25) is 14.4 Å². The van der Waals surface area contributed by atoms with E-state index in [1.54, 1.807) is 0 Å².